The van der Waals surface area contributed by atoms with E-state index in [1.807, 2.05) is 43.4 Å². The summed E-state index contributed by atoms with van der Waals surface area (Å²) in [6.45, 7) is 1.25. The molecule has 0 unspecified atom stereocenters. The zero-order valence-corrected chi connectivity index (χ0v) is 12.5. The Morgan fingerprint density at radius 2 is 1.76 bits per heavy atom. The van der Waals surface area contributed by atoms with Crippen LogP contribution in [0, 0.1) is 0 Å². The molecule has 0 saturated carbocycles. The summed E-state index contributed by atoms with van der Waals surface area (Å²) in [7, 11) is 3.48. The summed E-state index contributed by atoms with van der Waals surface area (Å²) in [5, 5.41) is 0. The lowest BCUT2D eigenvalue weighted by molar-refractivity contribution is 0.0796. The maximum Gasteiger partial charge on any atom is 0.253 e. The number of methoxy groups -OCH3 is 1. The quantitative estimate of drug-likeness (QED) is 0.818. The van der Waals surface area contributed by atoms with Crippen molar-refractivity contribution in [3.05, 3.63) is 65.5 Å². The van der Waals surface area contributed by atoms with Crippen molar-refractivity contribution in [1.82, 2.24) is 9.88 Å². The van der Waals surface area contributed by atoms with E-state index in [0.29, 0.717) is 18.7 Å². The summed E-state index contributed by atoms with van der Waals surface area (Å²) < 4.78 is 5.06. The molecule has 1 aromatic carbocycles. The second-order valence-corrected chi connectivity index (χ2v) is 4.96. The minimum absolute atomic E-state index is 0.0352. The van der Waals surface area contributed by atoms with Gasteiger partial charge in [0.25, 0.3) is 5.91 Å². The van der Waals surface area contributed by atoms with Crippen LogP contribution in [0.3, 0.4) is 0 Å². The lowest BCUT2D eigenvalue weighted by Gasteiger charge is -2.17. The van der Waals surface area contributed by atoms with Crippen LogP contribution in [0.2, 0.25) is 0 Å². The molecule has 0 aliphatic carbocycles. The van der Waals surface area contributed by atoms with Crippen LogP contribution in [0.25, 0.3) is 0 Å². The van der Waals surface area contributed by atoms with Gasteiger partial charge in [0.2, 0.25) is 0 Å². The predicted molar refractivity (Wildman–Crippen MR) is 82.1 cm³/mol. The number of hydrogen-bond acceptors (Lipinski definition) is 3. The molecule has 4 heteroatoms. The molecule has 110 valence electrons. The number of pyridine rings is 1. The number of nitrogens with zero attached hydrogens (tertiary/aromatic N) is 2. The van der Waals surface area contributed by atoms with Crippen molar-refractivity contribution >= 4 is 5.91 Å². The number of aromatic nitrogens is 1. The van der Waals surface area contributed by atoms with Crippen molar-refractivity contribution < 1.29 is 9.53 Å². The Bertz CT molecular complexity index is 567. The van der Waals surface area contributed by atoms with E-state index < -0.39 is 0 Å². The fourth-order valence-electron chi connectivity index (χ4n) is 2.08. The lowest BCUT2D eigenvalue weighted by atomic mass is 10.1. The Kier molecular flexibility index (Phi) is 5.46. The van der Waals surface area contributed by atoms with Gasteiger partial charge in [0, 0.05) is 38.7 Å². The molecule has 0 radical (unpaired) electrons. The highest BCUT2D eigenvalue weighted by molar-refractivity contribution is 5.94. The molecule has 0 spiro atoms. The van der Waals surface area contributed by atoms with Gasteiger partial charge in [0.05, 0.1) is 6.61 Å². The highest BCUT2D eigenvalue weighted by atomic mass is 16.5. The van der Waals surface area contributed by atoms with E-state index in [1.54, 1.807) is 24.4 Å². The molecule has 0 atom stereocenters. The van der Waals surface area contributed by atoms with E-state index in [0.717, 1.165) is 12.0 Å². The van der Waals surface area contributed by atoms with Crippen molar-refractivity contribution in [3.8, 4) is 0 Å². The fourth-order valence-corrected chi connectivity index (χ4v) is 2.08. The van der Waals surface area contributed by atoms with E-state index in [4.69, 9.17) is 4.74 Å². The molecule has 0 aliphatic heterocycles. The van der Waals surface area contributed by atoms with E-state index in [2.05, 4.69) is 4.98 Å². The van der Waals surface area contributed by atoms with Crippen molar-refractivity contribution in [1.29, 1.82) is 0 Å². The van der Waals surface area contributed by atoms with Crippen molar-refractivity contribution in [2.45, 2.75) is 13.0 Å². The van der Waals surface area contributed by atoms with Gasteiger partial charge < -0.3 is 9.64 Å². The minimum atomic E-state index is 0.0352. The molecule has 0 aliphatic rings. The minimum Gasteiger partial charge on any atom is -0.380 e. The maximum absolute atomic E-state index is 12.3. The molecule has 2 aromatic rings. The van der Waals surface area contributed by atoms with E-state index in [9.17, 15) is 4.79 Å². The first-order valence-electron chi connectivity index (χ1n) is 6.93. The molecule has 1 aromatic heterocycles. The van der Waals surface area contributed by atoms with E-state index >= 15 is 0 Å². The van der Waals surface area contributed by atoms with Gasteiger partial charge in [-0.2, -0.15) is 0 Å². The largest absolute Gasteiger partial charge is 0.380 e. The van der Waals surface area contributed by atoms with Crippen LogP contribution in [0.5, 0.6) is 0 Å². The van der Waals surface area contributed by atoms with Gasteiger partial charge in [0.1, 0.15) is 0 Å². The highest BCUT2D eigenvalue weighted by Gasteiger charge is 2.11. The van der Waals surface area contributed by atoms with Gasteiger partial charge in [-0.3, -0.25) is 9.78 Å². The third kappa shape index (κ3) is 4.39. The molecule has 1 heterocycles. The topological polar surface area (TPSA) is 42.4 Å². The summed E-state index contributed by atoms with van der Waals surface area (Å²) >= 11 is 0. The summed E-state index contributed by atoms with van der Waals surface area (Å²) in [5.74, 6) is 0.0352. The molecular weight excluding hydrogens is 264 g/mol. The van der Waals surface area contributed by atoms with E-state index in [1.165, 1.54) is 5.56 Å². The van der Waals surface area contributed by atoms with Crippen molar-refractivity contribution in [2.75, 3.05) is 20.7 Å². The monoisotopic (exact) mass is 284 g/mol. The zero-order chi connectivity index (χ0) is 15.1. The second-order valence-electron chi connectivity index (χ2n) is 4.96. The van der Waals surface area contributed by atoms with Crippen LogP contribution in [0.4, 0.5) is 0 Å². The van der Waals surface area contributed by atoms with Crippen LogP contribution in [0.15, 0.2) is 48.8 Å². The lowest BCUT2D eigenvalue weighted by Crippen LogP contribution is -2.28. The third-order valence-corrected chi connectivity index (χ3v) is 3.34. The number of carbonyl (C=O) groups excluding carboxylic acids is 1. The zero-order valence-electron chi connectivity index (χ0n) is 12.5. The number of likely N-dealkylation sites (N-methyl/N-ethyl adjacent to an activating group) is 1. The molecular formula is C17H20N2O2. The Balaban J connectivity index is 1.92. The van der Waals surface area contributed by atoms with Crippen LogP contribution < -0.4 is 0 Å². The van der Waals surface area contributed by atoms with Gasteiger partial charge in [-0.05, 0) is 41.8 Å². The van der Waals surface area contributed by atoms with Gasteiger partial charge in [-0.15, -0.1) is 0 Å². The van der Waals surface area contributed by atoms with Crippen LogP contribution in [-0.4, -0.2) is 36.5 Å². The smallest absolute Gasteiger partial charge is 0.253 e. The van der Waals surface area contributed by atoms with Crippen LogP contribution in [0.1, 0.15) is 21.5 Å². The fraction of sp³-hybridized carbons (Fsp3) is 0.294. The molecule has 0 bridgehead atoms. The first-order valence-corrected chi connectivity index (χ1v) is 6.93. The van der Waals surface area contributed by atoms with Crippen LogP contribution in [-0.2, 0) is 17.8 Å². The van der Waals surface area contributed by atoms with Gasteiger partial charge >= 0.3 is 0 Å². The SMILES string of the molecule is COCc1ccc(C(=O)N(C)CCc2ccncc2)cc1. The standard InChI is InChI=1S/C17H20N2O2/c1-19(12-9-14-7-10-18-11-8-14)17(20)16-5-3-15(4-6-16)13-21-2/h3-8,10-11H,9,12-13H2,1-2H3. The summed E-state index contributed by atoms with van der Waals surface area (Å²) in [4.78, 5) is 18.0. The van der Waals surface area contributed by atoms with Gasteiger partial charge in [-0.25, -0.2) is 0 Å². The second kappa shape index (κ2) is 7.55. The third-order valence-electron chi connectivity index (χ3n) is 3.34. The first-order chi connectivity index (χ1) is 10.2. The normalized spacial score (nSPS) is 10.4. The average molecular weight is 284 g/mol. The van der Waals surface area contributed by atoms with E-state index in [-0.39, 0.29) is 5.91 Å². The number of hydrogen-bond donors (Lipinski definition) is 0. The summed E-state index contributed by atoms with van der Waals surface area (Å²) in [6.07, 6.45) is 4.36. The number of carbonyl (C=O) groups is 1. The number of ether oxygens (including phenoxy) is 1. The number of amides is 1. The summed E-state index contributed by atoms with van der Waals surface area (Å²) in [5.41, 5.74) is 2.95. The Morgan fingerprint density at radius 1 is 1.10 bits per heavy atom. The Morgan fingerprint density at radius 3 is 2.38 bits per heavy atom. The molecule has 1 amide bonds. The van der Waals surface area contributed by atoms with Crippen molar-refractivity contribution in [3.63, 3.8) is 0 Å². The molecule has 0 N–H and O–H groups in total. The van der Waals surface area contributed by atoms with Gasteiger partial charge in [0.15, 0.2) is 0 Å². The average Bonchev–Trinajstić information content (AvgIpc) is 2.54. The number of benzene rings is 1. The maximum atomic E-state index is 12.3. The molecule has 21 heavy (non-hydrogen) atoms. The molecule has 2 rings (SSSR count). The Labute approximate surface area is 125 Å². The molecule has 0 fully saturated rings. The molecule has 0 saturated heterocycles. The molecule has 4 nitrogen and oxygen atoms in total. The van der Waals surface area contributed by atoms with Crippen molar-refractivity contribution in [2.24, 2.45) is 0 Å². The highest BCUT2D eigenvalue weighted by Crippen LogP contribution is 2.09. The first kappa shape index (κ1) is 15.2. The van der Waals surface area contributed by atoms with Crippen LogP contribution >= 0.6 is 0 Å². The predicted octanol–water partition coefficient (Wildman–Crippen LogP) is 2.54. The van der Waals surface area contributed by atoms with Gasteiger partial charge in [-0.1, -0.05) is 12.1 Å². The Hall–Kier alpha value is -2.20. The number of rotatable bonds is 6. The summed E-state index contributed by atoms with van der Waals surface area (Å²) in [6, 6.07) is 11.5.